The first-order chi connectivity index (χ1) is 9.92. The number of hydrogen-bond acceptors (Lipinski definition) is 2. The Labute approximate surface area is 129 Å². The van der Waals surface area contributed by atoms with Gasteiger partial charge in [-0.15, -0.1) is 0 Å². The van der Waals surface area contributed by atoms with Crippen LogP contribution in [-0.2, 0) is 4.79 Å². The molecule has 1 fully saturated rings. The van der Waals surface area contributed by atoms with E-state index in [0.717, 1.165) is 24.9 Å². The van der Waals surface area contributed by atoms with Crippen LogP contribution in [0.1, 0.15) is 51.1 Å². The number of hydrogen-bond donors (Lipinski definition) is 1. The molecular weight excluding hydrogens is 293 g/mol. The molecule has 2 unspecified atom stereocenters. The lowest BCUT2D eigenvalue weighted by atomic mass is 9.89. The van der Waals surface area contributed by atoms with Crippen LogP contribution < -0.4 is 0 Å². The van der Waals surface area contributed by atoms with E-state index >= 15 is 0 Å². The van der Waals surface area contributed by atoms with Crippen molar-refractivity contribution in [2.75, 3.05) is 6.54 Å². The second-order valence-electron chi connectivity index (χ2n) is 5.73. The second-order valence-corrected chi connectivity index (χ2v) is 6.14. The minimum atomic E-state index is -0.810. The maximum Gasteiger partial charge on any atom is 0.324 e. The van der Waals surface area contributed by atoms with Gasteiger partial charge >= 0.3 is 5.97 Å². The normalized spacial score (nSPS) is 24.2. The molecule has 3 nitrogen and oxygen atoms in total. The molecule has 116 valence electrons. The summed E-state index contributed by atoms with van der Waals surface area (Å²) in [5, 5.41) is 9.81. The van der Waals surface area contributed by atoms with Crippen LogP contribution in [0.5, 0.6) is 0 Å². The fourth-order valence-corrected chi connectivity index (χ4v) is 3.62. The Morgan fingerprint density at radius 1 is 1.57 bits per heavy atom. The van der Waals surface area contributed by atoms with Gasteiger partial charge in [0.2, 0.25) is 0 Å². The van der Waals surface area contributed by atoms with Gasteiger partial charge in [-0.3, -0.25) is 9.69 Å². The van der Waals surface area contributed by atoms with E-state index in [4.69, 9.17) is 11.6 Å². The highest BCUT2D eigenvalue weighted by Crippen LogP contribution is 2.40. The van der Waals surface area contributed by atoms with Crippen LogP contribution in [0.2, 0.25) is 5.02 Å². The highest BCUT2D eigenvalue weighted by Gasteiger charge is 2.48. The molecule has 0 aromatic heterocycles. The largest absolute Gasteiger partial charge is 0.480 e. The van der Waals surface area contributed by atoms with E-state index in [9.17, 15) is 14.3 Å². The summed E-state index contributed by atoms with van der Waals surface area (Å²) in [4.78, 5) is 13.9. The van der Waals surface area contributed by atoms with Gasteiger partial charge in [-0.1, -0.05) is 31.0 Å². The minimum absolute atomic E-state index is 0.0787. The summed E-state index contributed by atoms with van der Waals surface area (Å²) in [7, 11) is 0. The predicted octanol–water partition coefficient (Wildman–Crippen LogP) is 4.26. The van der Waals surface area contributed by atoms with Gasteiger partial charge in [-0.2, -0.15) is 0 Å². The zero-order chi connectivity index (χ0) is 15.6. The van der Waals surface area contributed by atoms with Crippen LogP contribution in [0, 0.1) is 5.82 Å². The Morgan fingerprint density at radius 3 is 2.86 bits per heavy atom. The van der Waals surface area contributed by atoms with E-state index in [1.807, 2.05) is 18.7 Å². The third-order valence-electron chi connectivity index (χ3n) is 4.49. The predicted molar refractivity (Wildman–Crippen MR) is 81.0 cm³/mol. The number of benzene rings is 1. The van der Waals surface area contributed by atoms with Gasteiger partial charge in [0.1, 0.15) is 11.4 Å². The monoisotopic (exact) mass is 313 g/mol. The van der Waals surface area contributed by atoms with Gasteiger partial charge in [0, 0.05) is 6.04 Å². The molecule has 1 heterocycles. The fourth-order valence-electron chi connectivity index (χ4n) is 3.43. The molecule has 0 radical (unpaired) electrons. The number of nitrogens with zero attached hydrogens (tertiary/aromatic N) is 1. The summed E-state index contributed by atoms with van der Waals surface area (Å²) >= 11 is 5.85. The van der Waals surface area contributed by atoms with E-state index in [1.165, 1.54) is 6.07 Å². The highest BCUT2D eigenvalue weighted by atomic mass is 35.5. The first kappa shape index (κ1) is 16.2. The Hall–Kier alpha value is -1.13. The number of carboxylic acid groups (broad SMARTS) is 1. The molecule has 5 heteroatoms. The molecule has 0 saturated carbocycles. The summed E-state index contributed by atoms with van der Waals surface area (Å²) in [6.45, 7) is 4.70. The van der Waals surface area contributed by atoms with E-state index in [1.54, 1.807) is 12.1 Å². The summed E-state index contributed by atoms with van der Waals surface area (Å²) in [6, 6.07) is 4.52. The van der Waals surface area contributed by atoms with E-state index in [2.05, 4.69) is 0 Å². The van der Waals surface area contributed by atoms with Crippen molar-refractivity contribution in [3.8, 4) is 0 Å². The van der Waals surface area contributed by atoms with Gasteiger partial charge < -0.3 is 5.11 Å². The van der Waals surface area contributed by atoms with Crippen LogP contribution in [-0.4, -0.2) is 28.1 Å². The summed E-state index contributed by atoms with van der Waals surface area (Å²) in [5.74, 6) is -1.21. The van der Waals surface area contributed by atoms with Crippen LogP contribution in [0.15, 0.2) is 18.2 Å². The van der Waals surface area contributed by atoms with Crippen molar-refractivity contribution in [1.29, 1.82) is 0 Å². The Balaban J connectivity index is 2.33. The average Bonchev–Trinajstić information content (AvgIpc) is 2.86. The summed E-state index contributed by atoms with van der Waals surface area (Å²) < 4.78 is 13.3. The maximum absolute atomic E-state index is 13.3. The molecule has 21 heavy (non-hydrogen) atoms. The number of aliphatic carboxylic acids is 1. The Bertz CT molecular complexity index is 537. The van der Waals surface area contributed by atoms with Crippen LogP contribution in [0.3, 0.4) is 0 Å². The molecule has 0 bridgehead atoms. The van der Waals surface area contributed by atoms with Gasteiger partial charge in [0.25, 0.3) is 0 Å². The lowest BCUT2D eigenvalue weighted by Crippen LogP contribution is -2.51. The molecule has 2 atom stereocenters. The van der Waals surface area contributed by atoms with Crippen molar-refractivity contribution in [1.82, 2.24) is 4.90 Å². The van der Waals surface area contributed by atoms with Crippen molar-refractivity contribution >= 4 is 17.6 Å². The molecule has 1 aliphatic heterocycles. The molecule has 0 aliphatic carbocycles. The molecule has 0 amide bonds. The average molecular weight is 314 g/mol. The standard InChI is InChI=1S/C16H21ClFNO2/c1-3-7-16(15(20)21)8-4-9-19(16)11(2)12-5-6-14(18)13(17)10-12/h5-6,10-11H,3-4,7-9H2,1-2H3,(H,20,21). The lowest BCUT2D eigenvalue weighted by Gasteiger charge is -2.39. The van der Waals surface area contributed by atoms with Gasteiger partial charge in [0.05, 0.1) is 5.02 Å². The van der Waals surface area contributed by atoms with Crippen molar-refractivity contribution in [2.24, 2.45) is 0 Å². The van der Waals surface area contributed by atoms with Gasteiger partial charge in [0.15, 0.2) is 0 Å². The minimum Gasteiger partial charge on any atom is -0.480 e. The Kier molecular flexibility index (Phi) is 4.89. The first-order valence-corrected chi connectivity index (χ1v) is 7.75. The summed E-state index contributed by atoms with van der Waals surface area (Å²) in [5.41, 5.74) is 0.0414. The molecule has 1 aromatic rings. The zero-order valence-corrected chi connectivity index (χ0v) is 13.2. The van der Waals surface area contributed by atoms with Crippen LogP contribution in [0.4, 0.5) is 4.39 Å². The molecule has 0 spiro atoms. The zero-order valence-electron chi connectivity index (χ0n) is 12.4. The van der Waals surface area contributed by atoms with E-state index < -0.39 is 17.3 Å². The lowest BCUT2D eigenvalue weighted by molar-refractivity contribution is -0.151. The van der Waals surface area contributed by atoms with E-state index in [-0.39, 0.29) is 11.1 Å². The molecule has 1 N–H and O–H groups in total. The third-order valence-corrected chi connectivity index (χ3v) is 4.78. The fraction of sp³-hybridized carbons (Fsp3) is 0.562. The number of likely N-dealkylation sites (tertiary alicyclic amines) is 1. The number of carbonyl (C=O) groups is 1. The number of halogens is 2. The number of rotatable bonds is 5. The summed E-state index contributed by atoms with van der Waals surface area (Å²) in [6.07, 6.45) is 2.97. The topological polar surface area (TPSA) is 40.5 Å². The molecule has 1 aliphatic rings. The SMILES string of the molecule is CCCC1(C(=O)O)CCCN1C(C)c1ccc(F)c(Cl)c1. The molecule has 1 saturated heterocycles. The Morgan fingerprint density at radius 2 is 2.29 bits per heavy atom. The van der Waals surface area contributed by atoms with E-state index in [0.29, 0.717) is 12.8 Å². The maximum atomic E-state index is 13.3. The quantitative estimate of drug-likeness (QED) is 0.883. The van der Waals surface area contributed by atoms with Crippen LogP contribution >= 0.6 is 11.6 Å². The van der Waals surface area contributed by atoms with Gasteiger partial charge in [-0.25, -0.2) is 4.39 Å². The molecule has 1 aromatic carbocycles. The van der Waals surface area contributed by atoms with Gasteiger partial charge in [-0.05, 0) is 50.4 Å². The van der Waals surface area contributed by atoms with Crippen molar-refractivity contribution in [2.45, 2.75) is 51.1 Å². The second kappa shape index (κ2) is 6.32. The molecular formula is C16H21ClFNO2. The third kappa shape index (κ3) is 2.92. The van der Waals surface area contributed by atoms with Crippen molar-refractivity contribution in [3.63, 3.8) is 0 Å². The van der Waals surface area contributed by atoms with Crippen molar-refractivity contribution in [3.05, 3.63) is 34.6 Å². The van der Waals surface area contributed by atoms with Crippen LogP contribution in [0.25, 0.3) is 0 Å². The first-order valence-electron chi connectivity index (χ1n) is 7.37. The molecule has 2 rings (SSSR count). The van der Waals surface area contributed by atoms with Crippen molar-refractivity contribution < 1.29 is 14.3 Å². The smallest absolute Gasteiger partial charge is 0.324 e. The highest BCUT2D eigenvalue weighted by molar-refractivity contribution is 6.30. The number of carboxylic acids is 1.